The van der Waals surface area contributed by atoms with Crippen molar-refractivity contribution in [1.82, 2.24) is 30.8 Å². The van der Waals surface area contributed by atoms with Crippen molar-refractivity contribution in [2.75, 3.05) is 20.4 Å². The first-order valence-electron chi connectivity index (χ1n) is 18.5. The molecule has 0 aliphatic rings. The fourth-order valence-corrected chi connectivity index (χ4v) is 7.86. The van der Waals surface area contributed by atoms with Gasteiger partial charge in [0.05, 0.1) is 39.9 Å². The number of ether oxygens (including phenoxy) is 2. The van der Waals surface area contributed by atoms with E-state index in [9.17, 15) is 18.0 Å². The minimum absolute atomic E-state index is 0.0727. The monoisotopic (exact) mass is 826 g/mol. The Balaban J connectivity index is 1.54. The summed E-state index contributed by atoms with van der Waals surface area (Å²) in [5.41, 5.74) is 10.7. The summed E-state index contributed by atoms with van der Waals surface area (Å²) in [6.45, 7) is 4.58. The number of methoxy groups -OCH3 is 1. The maximum atomic E-state index is 13.7. The number of hydrogen-bond donors (Lipinski definition) is 4. The first-order valence-corrected chi connectivity index (χ1v) is 22.1. The van der Waals surface area contributed by atoms with Crippen LogP contribution in [-0.2, 0) is 45.5 Å². The molecule has 14 nitrogen and oxygen atoms in total. The van der Waals surface area contributed by atoms with Crippen LogP contribution >= 0.6 is 22.7 Å². The van der Waals surface area contributed by atoms with Crippen LogP contribution in [0, 0.1) is 0 Å². The first-order chi connectivity index (χ1) is 26.8. The summed E-state index contributed by atoms with van der Waals surface area (Å²) in [5.74, 6) is 0.206. The second-order valence-electron chi connectivity index (χ2n) is 14.0. The highest BCUT2D eigenvalue weighted by Gasteiger charge is 2.28. The van der Waals surface area contributed by atoms with Crippen LogP contribution in [0.15, 0.2) is 82.1 Å². The third kappa shape index (κ3) is 16.0. The van der Waals surface area contributed by atoms with E-state index in [-0.39, 0.29) is 49.3 Å². The normalized spacial score (nSPS) is 14.1. The van der Waals surface area contributed by atoms with Crippen LogP contribution in [-0.4, -0.2) is 86.0 Å². The van der Waals surface area contributed by atoms with E-state index in [2.05, 4.69) is 44.2 Å². The van der Waals surface area contributed by atoms with Crippen molar-refractivity contribution in [2.45, 2.75) is 95.8 Å². The number of nitrogens with two attached hydrogens (primary N) is 1. The minimum atomic E-state index is -3.71. The van der Waals surface area contributed by atoms with E-state index in [1.54, 1.807) is 42.1 Å². The molecule has 2 heterocycles. The average molecular weight is 827 g/mol. The van der Waals surface area contributed by atoms with Gasteiger partial charge in [-0.3, -0.25) is 10.3 Å². The number of urea groups is 1. The molecule has 0 fully saturated rings. The second kappa shape index (κ2) is 22.4. The summed E-state index contributed by atoms with van der Waals surface area (Å²) in [5, 5.41) is 12.8. The van der Waals surface area contributed by atoms with Gasteiger partial charge in [0, 0.05) is 50.2 Å². The molecule has 0 spiro atoms. The fraction of sp³-hybridized carbons (Fsp3) is 0.462. The largest absolute Gasteiger partial charge is 0.444 e. The summed E-state index contributed by atoms with van der Waals surface area (Å²) in [4.78, 5) is 37.8. The Morgan fingerprint density at radius 1 is 0.946 bits per heavy atom. The molecule has 4 rings (SSSR count). The molecular formula is C39H54N8O6S3. The molecule has 5 N–H and O–H groups in total. The van der Waals surface area contributed by atoms with Crippen molar-refractivity contribution in [3.05, 3.63) is 104 Å². The van der Waals surface area contributed by atoms with Crippen LogP contribution in [0.5, 0.6) is 0 Å². The Labute approximate surface area is 338 Å². The molecule has 17 heteroatoms. The van der Waals surface area contributed by atoms with Crippen molar-refractivity contribution < 1.29 is 27.5 Å². The molecular weight excluding hydrogens is 773 g/mol. The van der Waals surface area contributed by atoms with E-state index in [4.69, 9.17) is 15.2 Å². The molecule has 0 aliphatic heterocycles. The summed E-state index contributed by atoms with van der Waals surface area (Å²) in [6.07, 6.45) is 4.14. The molecule has 2 aromatic carbocycles. The van der Waals surface area contributed by atoms with Crippen LogP contribution in [0.4, 0.5) is 9.59 Å². The predicted molar refractivity (Wildman–Crippen MR) is 222 cm³/mol. The van der Waals surface area contributed by atoms with Crippen molar-refractivity contribution in [1.29, 1.82) is 0 Å². The number of aromatic nitrogens is 2. The second-order valence-corrected chi connectivity index (χ2v) is 17.5. The first kappa shape index (κ1) is 44.3. The lowest BCUT2D eigenvalue weighted by atomic mass is 9.95. The summed E-state index contributed by atoms with van der Waals surface area (Å²) in [6, 6.07) is 18.5. The van der Waals surface area contributed by atoms with Crippen molar-refractivity contribution in [3.63, 3.8) is 0 Å². The number of amides is 3. The van der Waals surface area contributed by atoms with Gasteiger partial charge in [0.15, 0.2) is 0 Å². The maximum absolute atomic E-state index is 13.7. The predicted octanol–water partition coefficient (Wildman–Crippen LogP) is 5.82. The van der Waals surface area contributed by atoms with Gasteiger partial charge < -0.3 is 30.7 Å². The molecule has 2 aromatic heterocycles. The number of carbonyl (C=O) groups excluding carboxylic acids is 2. The van der Waals surface area contributed by atoms with Crippen LogP contribution in [0.2, 0.25) is 0 Å². The fourth-order valence-electron chi connectivity index (χ4n) is 6.01. The van der Waals surface area contributed by atoms with Crippen molar-refractivity contribution >= 4 is 50.7 Å². The molecule has 4 atom stereocenters. The molecule has 4 aromatic rings. The molecule has 3 amide bonds. The van der Waals surface area contributed by atoms with Gasteiger partial charge in [0.25, 0.3) is 10.0 Å². The van der Waals surface area contributed by atoms with Crippen molar-refractivity contribution in [3.8, 4) is 0 Å². The molecule has 56 heavy (non-hydrogen) atoms. The van der Waals surface area contributed by atoms with Gasteiger partial charge in [-0.05, 0) is 43.2 Å². The van der Waals surface area contributed by atoms with Crippen LogP contribution < -0.4 is 21.7 Å². The number of sulfonamides is 1. The van der Waals surface area contributed by atoms with E-state index in [1.165, 1.54) is 11.3 Å². The van der Waals surface area contributed by atoms with Gasteiger partial charge >= 0.3 is 12.1 Å². The molecule has 0 radical (unpaired) electrons. The maximum Gasteiger partial charge on any atom is 0.407 e. The van der Waals surface area contributed by atoms with Gasteiger partial charge in [-0.15, -0.1) is 22.7 Å². The summed E-state index contributed by atoms with van der Waals surface area (Å²) in [7, 11) is -0.473. The smallest absolute Gasteiger partial charge is 0.407 e. The number of benzene rings is 2. The standard InChI is InChI=1S/C39H54N8O6S3/c1-27(2)37-43-32(25-54-37)23-47(3)38(48)45-34(18-19-35(40)46-56(5,50)51)36(52-4)42-30(20-28-12-8-6-9-13-28)16-17-31(21-29-14-10-7-11-15-29)44-39(49)53-24-33-22-41-26-55-33/h6-15,22,25-27,30-31,34,36,42H,16-21,23-24H2,1-5H3,(H2,40,46)(H,44,49)(H,45,48). The Bertz CT molecular complexity index is 1910. The number of amidine groups is 1. The Morgan fingerprint density at radius 3 is 2.16 bits per heavy atom. The molecule has 0 bridgehead atoms. The van der Waals surface area contributed by atoms with E-state index < -0.39 is 28.4 Å². The van der Waals surface area contributed by atoms with Crippen LogP contribution in [0.1, 0.15) is 72.2 Å². The zero-order chi connectivity index (χ0) is 40.5. The van der Waals surface area contributed by atoms with E-state index in [1.807, 2.05) is 66.0 Å². The van der Waals surface area contributed by atoms with E-state index in [0.29, 0.717) is 32.2 Å². The SMILES string of the molecule is COC(NC(CCC(Cc1ccccc1)NC(=O)OCc1cncs1)Cc1ccccc1)C(CC/C(N)=N\S(C)(=O)=O)NC(=O)N(C)Cc1csc(C(C)C)n1. The van der Waals surface area contributed by atoms with Gasteiger partial charge in [-0.2, -0.15) is 4.40 Å². The molecule has 0 saturated carbocycles. The Hall–Kier alpha value is -4.42. The van der Waals surface area contributed by atoms with Crippen LogP contribution in [0.3, 0.4) is 0 Å². The van der Waals surface area contributed by atoms with Gasteiger partial charge in [-0.25, -0.2) is 23.0 Å². The lowest BCUT2D eigenvalue weighted by Gasteiger charge is -2.33. The van der Waals surface area contributed by atoms with E-state index in [0.717, 1.165) is 33.0 Å². The quantitative estimate of drug-likeness (QED) is 0.0427. The average Bonchev–Trinajstić information content (AvgIpc) is 3.86. The minimum Gasteiger partial charge on any atom is -0.444 e. The number of thiazole rings is 2. The molecule has 304 valence electrons. The Kier molecular flexibility index (Phi) is 17.7. The number of nitrogens with zero attached hydrogens (tertiary/aromatic N) is 4. The lowest BCUT2D eigenvalue weighted by molar-refractivity contribution is 0.0298. The lowest BCUT2D eigenvalue weighted by Crippen LogP contribution is -2.56. The number of rotatable bonds is 22. The van der Waals surface area contributed by atoms with Crippen molar-refractivity contribution in [2.24, 2.45) is 10.1 Å². The summed E-state index contributed by atoms with van der Waals surface area (Å²) >= 11 is 2.98. The molecule has 0 saturated heterocycles. The van der Waals surface area contributed by atoms with Crippen LogP contribution in [0.25, 0.3) is 0 Å². The topological polar surface area (TPSA) is 190 Å². The highest BCUT2D eigenvalue weighted by atomic mass is 32.2. The van der Waals surface area contributed by atoms with Gasteiger partial charge in [0.2, 0.25) is 0 Å². The Morgan fingerprint density at radius 2 is 1.59 bits per heavy atom. The van der Waals surface area contributed by atoms with Gasteiger partial charge in [-0.1, -0.05) is 74.5 Å². The summed E-state index contributed by atoms with van der Waals surface area (Å²) < 4.78 is 38.9. The van der Waals surface area contributed by atoms with E-state index >= 15 is 0 Å². The third-order valence-electron chi connectivity index (χ3n) is 8.80. The number of carbonyl (C=O) groups is 2. The highest BCUT2D eigenvalue weighted by Crippen LogP contribution is 2.20. The van der Waals surface area contributed by atoms with Gasteiger partial charge in [0.1, 0.15) is 18.7 Å². The number of hydrogen-bond acceptors (Lipinski definition) is 11. The third-order valence-corrected chi connectivity index (χ3v) is 11.3. The number of nitrogens with one attached hydrogen (secondary N) is 3. The highest BCUT2D eigenvalue weighted by molar-refractivity contribution is 7.89. The zero-order valence-electron chi connectivity index (χ0n) is 32.6. The molecule has 0 aliphatic carbocycles. The molecule has 4 unspecified atom stereocenters. The zero-order valence-corrected chi connectivity index (χ0v) is 35.0. The number of alkyl carbamates (subject to hydrolysis) is 1.